The molecule has 122 valence electrons. The van der Waals surface area contributed by atoms with Crippen molar-refractivity contribution < 1.29 is 0 Å². The minimum absolute atomic E-state index is 0.601. The minimum atomic E-state index is 0.601. The van der Waals surface area contributed by atoms with Crippen LogP contribution in [0.1, 0.15) is 31.2 Å². The summed E-state index contributed by atoms with van der Waals surface area (Å²) in [7, 11) is 0. The molecule has 2 aromatic rings. The van der Waals surface area contributed by atoms with E-state index < -0.39 is 0 Å². The van der Waals surface area contributed by atoms with Gasteiger partial charge in [-0.05, 0) is 43.5 Å². The highest BCUT2D eigenvalue weighted by atomic mass is 35.5. The molecule has 1 aliphatic heterocycles. The van der Waals surface area contributed by atoms with Crippen LogP contribution in [0.25, 0.3) is 0 Å². The lowest BCUT2D eigenvalue weighted by Gasteiger charge is -2.23. The number of hydrogen-bond acceptors (Lipinski definition) is 5. The summed E-state index contributed by atoms with van der Waals surface area (Å²) in [6.45, 7) is 4.00. The normalized spacial score (nSPS) is 15.3. The van der Waals surface area contributed by atoms with Crippen LogP contribution in [0.2, 0.25) is 5.02 Å². The molecule has 3 rings (SSSR count). The lowest BCUT2D eigenvalue weighted by Crippen LogP contribution is -2.26. The van der Waals surface area contributed by atoms with E-state index >= 15 is 0 Å². The summed E-state index contributed by atoms with van der Waals surface area (Å²) in [5.74, 6) is 1.47. The van der Waals surface area contributed by atoms with Crippen LogP contribution in [0, 0.1) is 6.92 Å². The van der Waals surface area contributed by atoms with Crippen molar-refractivity contribution in [2.75, 3.05) is 29.0 Å². The average Bonchev–Trinajstić information content (AvgIpc) is 2.81. The molecule has 0 bridgehead atoms. The number of hydrogen-bond donors (Lipinski definition) is 2. The monoisotopic (exact) mass is 331 g/mol. The Kier molecular flexibility index (Phi) is 4.86. The fourth-order valence-electron chi connectivity index (χ4n) is 2.92. The van der Waals surface area contributed by atoms with Gasteiger partial charge in [-0.1, -0.05) is 24.4 Å². The fourth-order valence-corrected chi connectivity index (χ4v) is 3.14. The van der Waals surface area contributed by atoms with E-state index in [9.17, 15) is 0 Å². The van der Waals surface area contributed by atoms with Gasteiger partial charge in [-0.2, -0.15) is 0 Å². The molecule has 5 nitrogen and oxygen atoms in total. The number of aromatic nitrogens is 2. The Morgan fingerprint density at radius 2 is 1.87 bits per heavy atom. The molecule has 0 amide bonds. The largest absolute Gasteiger partial charge is 0.393 e. The zero-order chi connectivity index (χ0) is 16.2. The van der Waals surface area contributed by atoms with Crippen molar-refractivity contribution in [3.05, 3.63) is 35.1 Å². The molecule has 0 aliphatic carbocycles. The van der Waals surface area contributed by atoms with Crippen molar-refractivity contribution in [3.63, 3.8) is 0 Å². The minimum Gasteiger partial charge on any atom is -0.393 e. The second kappa shape index (κ2) is 7.04. The van der Waals surface area contributed by atoms with Gasteiger partial charge in [0.2, 0.25) is 0 Å². The molecule has 0 unspecified atom stereocenters. The first-order valence-corrected chi connectivity index (χ1v) is 8.41. The van der Waals surface area contributed by atoms with Crippen molar-refractivity contribution in [1.82, 2.24) is 9.97 Å². The van der Waals surface area contributed by atoms with Crippen LogP contribution >= 0.6 is 11.6 Å². The summed E-state index contributed by atoms with van der Waals surface area (Å²) in [6, 6.07) is 5.70. The van der Waals surface area contributed by atoms with E-state index in [4.69, 9.17) is 17.3 Å². The maximum Gasteiger partial charge on any atom is 0.159 e. The third kappa shape index (κ3) is 3.67. The van der Waals surface area contributed by atoms with Crippen LogP contribution in [0.3, 0.4) is 0 Å². The lowest BCUT2D eigenvalue weighted by atomic mass is 10.2. The molecule has 1 saturated heterocycles. The van der Waals surface area contributed by atoms with Gasteiger partial charge < -0.3 is 16.0 Å². The molecule has 6 heteroatoms. The number of rotatable bonds is 3. The van der Waals surface area contributed by atoms with E-state index in [2.05, 4.69) is 20.2 Å². The number of nitrogens with one attached hydrogen (secondary N) is 1. The van der Waals surface area contributed by atoms with Crippen LogP contribution < -0.4 is 16.0 Å². The molecule has 2 heterocycles. The zero-order valence-corrected chi connectivity index (χ0v) is 14.1. The third-order valence-electron chi connectivity index (χ3n) is 4.21. The molecule has 0 spiro atoms. The molecule has 1 fully saturated rings. The number of nitrogens with zero attached hydrogens (tertiary/aromatic N) is 3. The predicted octanol–water partition coefficient (Wildman–Crippen LogP) is 4.14. The Morgan fingerprint density at radius 1 is 1.13 bits per heavy atom. The fraction of sp³-hybridized carbons (Fsp3) is 0.412. The van der Waals surface area contributed by atoms with Crippen molar-refractivity contribution in [2.24, 2.45) is 0 Å². The summed E-state index contributed by atoms with van der Waals surface area (Å²) in [6.07, 6.45) is 6.49. The summed E-state index contributed by atoms with van der Waals surface area (Å²) in [4.78, 5) is 11.0. The van der Waals surface area contributed by atoms with Crippen LogP contribution in [-0.4, -0.2) is 23.1 Å². The molecule has 1 aliphatic rings. The maximum absolute atomic E-state index is 6.34. The van der Waals surface area contributed by atoms with E-state index in [0.717, 1.165) is 30.2 Å². The van der Waals surface area contributed by atoms with E-state index in [1.165, 1.54) is 25.7 Å². The number of nitrogen functional groups attached to an aromatic ring is 1. The molecule has 23 heavy (non-hydrogen) atoms. The summed E-state index contributed by atoms with van der Waals surface area (Å²) < 4.78 is 0. The van der Waals surface area contributed by atoms with Gasteiger partial charge in [-0.25, -0.2) is 9.97 Å². The standard InChI is InChI=1S/C17H22ClN5/c1-12-10-13(18)6-7-14(12)22-16-15(19)17(21-11-20-16)23-8-4-2-3-5-9-23/h6-7,10-11H,2-5,8-9,19H2,1H3,(H,20,21,22). The second-order valence-electron chi connectivity index (χ2n) is 5.95. The highest BCUT2D eigenvalue weighted by Crippen LogP contribution is 2.31. The highest BCUT2D eigenvalue weighted by Gasteiger charge is 2.17. The van der Waals surface area contributed by atoms with Crippen LogP contribution in [0.15, 0.2) is 24.5 Å². The maximum atomic E-state index is 6.34. The quantitative estimate of drug-likeness (QED) is 0.884. The zero-order valence-electron chi connectivity index (χ0n) is 13.3. The smallest absolute Gasteiger partial charge is 0.159 e. The van der Waals surface area contributed by atoms with E-state index in [1.54, 1.807) is 6.33 Å². The van der Waals surface area contributed by atoms with Crippen molar-refractivity contribution in [2.45, 2.75) is 32.6 Å². The molecule has 1 aromatic heterocycles. The van der Waals surface area contributed by atoms with Gasteiger partial charge in [0, 0.05) is 23.8 Å². The number of benzene rings is 1. The van der Waals surface area contributed by atoms with E-state index in [0.29, 0.717) is 16.5 Å². The van der Waals surface area contributed by atoms with Gasteiger partial charge in [0.05, 0.1) is 0 Å². The molecular formula is C17H22ClN5. The van der Waals surface area contributed by atoms with Gasteiger partial charge in [-0.15, -0.1) is 0 Å². The summed E-state index contributed by atoms with van der Waals surface area (Å²) >= 11 is 6.01. The highest BCUT2D eigenvalue weighted by molar-refractivity contribution is 6.30. The second-order valence-corrected chi connectivity index (χ2v) is 6.38. The molecular weight excluding hydrogens is 310 g/mol. The Bertz CT molecular complexity index is 681. The first-order chi connectivity index (χ1) is 11.1. The Hall–Kier alpha value is -2.01. The number of aryl methyl sites for hydroxylation is 1. The van der Waals surface area contributed by atoms with Crippen molar-refractivity contribution in [1.29, 1.82) is 0 Å². The first-order valence-electron chi connectivity index (χ1n) is 8.04. The molecule has 0 atom stereocenters. The third-order valence-corrected chi connectivity index (χ3v) is 4.45. The SMILES string of the molecule is Cc1cc(Cl)ccc1Nc1ncnc(N2CCCCCC2)c1N. The van der Waals surface area contributed by atoms with Crippen LogP contribution in [0.5, 0.6) is 0 Å². The Morgan fingerprint density at radius 3 is 2.57 bits per heavy atom. The summed E-state index contributed by atoms with van der Waals surface area (Å²) in [5.41, 5.74) is 8.93. The van der Waals surface area contributed by atoms with Crippen molar-refractivity contribution >= 4 is 34.6 Å². The molecule has 0 saturated carbocycles. The summed E-state index contributed by atoms with van der Waals surface area (Å²) in [5, 5.41) is 4.02. The van der Waals surface area contributed by atoms with Crippen LogP contribution in [0.4, 0.5) is 23.0 Å². The number of halogens is 1. The number of nitrogens with two attached hydrogens (primary N) is 1. The van der Waals surface area contributed by atoms with Gasteiger partial charge in [0.25, 0.3) is 0 Å². The van der Waals surface area contributed by atoms with Gasteiger partial charge in [0.15, 0.2) is 11.6 Å². The lowest BCUT2D eigenvalue weighted by molar-refractivity contribution is 0.726. The van der Waals surface area contributed by atoms with Gasteiger partial charge in [0.1, 0.15) is 12.0 Å². The predicted molar refractivity (Wildman–Crippen MR) is 96.6 cm³/mol. The van der Waals surface area contributed by atoms with Gasteiger partial charge in [-0.3, -0.25) is 0 Å². The topological polar surface area (TPSA) is 67.1 Å². The first kappa shape index (κ1) is 15.9. The van der Waals surface area contributed by atoms with E-state index in [1.807, 2.05) is 25.1 Å². The Balaban J connectivity index is 1.87. The number of anilines is 4. The van der Waals surface area contributed by atoms with Crippen molar-refractivity contribution in [3.8, 4) is 0 Å². The van der Waals surface area contributed by atoms with E-state index in [-0.39, 0.29) is 0 Å². The molecule has 1 aromatic carbocycles. The average molecular weight is 332 g/mol. The Labute approximate surface area is 141 Å². The van der Waals surface area contributed by atoms with Gasteiger partial charge >= 0.3 is 0 Å². The molecule has 3 N–H and O–H groups in total. The van der Waals surface area contributed by atoms with Crippen LogP contribution in [-0.2, 0) is 0 Å². The molecule has 0 radical (unpaired) electrons.